The number of rotatable bonds is 4. The molecule has 3 rings (SSSR count). The first-order valence-electron chi connectivity index (χ1n) is 7.69. The third kappa shape index (κ3) is 3.04. The van der Waals surface area contributed by atoms with Crippen LogP contribution in [0.25, 0.3) is 0 Å². The van der Waals surface area contributed by atoms with Gasteiger partial charge in [-0.3, -0.25) is 4.90 Å². The lowest BCUT2D eigenvalue weighted by Gasteiger charge is -2.22. The van der Waals surface area contributed by atoms with Crippen molar-refractivity contribution in [3.8, 4) is 0 Å². The number of likely N-dealkylation sites (tertiary alicyclic amines) is 1. The van der Waals surface area contributed by atoms with E-state index in [9.17, 15) is 8.78 Å². The molecule has 0 bridgehead atoms. The van der Waals surface area contributed by atoms with Gasteiger partial charge in [-0.2, -0.15) is 0 Å². The van der Waals surface area contributed by atoms with Crippen molar-refractivity contribution >= 4 is 0 Å². The van der Waals surface area contributed by atoms with E-state index in [0.29, 0.717) is 12.1 Å². The minimum atomic E-state index is -0.407. The minimum absolute atomic E-state index is 0.110. The number of hydrogen-bond donors (Lipinski definition) is 0. The maximum atomic E-state index is 13.8. The molecule has 0 radical (unpaired) electrons. The van der Waals surface area contributed by atoms with E-state index in [1.807, 2.05) is 6.07 Å². The molecule has 1 aliphatic rings. The summed E-state index contributed by atoms with van der Waals surface area (Å²) >= 11 is 0. The number of benzene rings is 1. The molecule has 1 aromatic carbocycles. The second kappa shape index (κ2) is 6.16. The Labute approximate surface area is 128 Å². The zero-order valence-corrected chi connectivity index (χ0v) is 12.9. The lowest BCUT2D eigenvalue weighted by Crippen LogP contribution is -2.23. The van der Waals surface area contributed by atoms with Crippen LogP contribution in [0, 0.1) is 11.6 Å². The Kier molecular flexibility index (Phi) is 4.25. The molecule has 2 aromatic rings. The van der Waals surface area contributed by atoms with Gasteiger partial charge in [-0.15, -0.1) is 0 Å². The average Bonchev–Trinajstić information content (AvgIpc) is 3.11. The average molecular weight is 306 g/mol. The zero-order valence-electron chi connectivity index (χ0n) is 12.9. The monoisotopic (exact) mass is 306 g/mol. The van der Waals surface area contributed by atoms with Crippen LogP contribution in [0.4, 0.5) is 8.78 Å². The smallest absolute Gasteiger partial charge is 0.139 e. The molecule has 0 unspecified atom stereocenters. The van der Waals surface area contributed by atoms with Gasteiger partial charge >= 0.3 is 0 Å². The van der Waals surface area contributed by atoms with Crippen molar-refractivity contribution in [1.29, 1.82) is 0 Å². The van der Waals surface area contributed by atoms with Crippen molar-refractivity contribution in [2.45, 2.75) is 45.2 Å². The normalized spacial score (nSPS) is 19.2. The number of aromatic nitrogens is 1. The molecule has 0 aliphatic carbocycles. The fourth-order valence-electron chi connectivity index (χ4n) is 2.97. The maximum absolute atomic E-state index is 13.8. The summed E-state index contributed by atoms with van der Waals surface area (Å²) in [4.78, 5) is 2.14. The Morgan fingerprint density at radius 3 is 2.86 bits per heavy atom. The third-order valence-electron chi connectivity index (χ3n) is 4.20. The summed E-state index contributed by atoms with van der Waals surface area (Å²) in [6, 6.07) is 5.69. The van der Waals surface area contributed by atoms with Crippen LogP contribution in [0.5, 0.6) is 0 Å². The van der Waals surface area contributed by atoms with E-state index in [0.717, 1.165) is 36.9 Å². The second-order valence-corrected chi connectivity index (χ2v) is 6.17. The Hall–Kier alpha value is -1.75. The molecule has 3 nitrogen and oxygen atoms in total. The highest BCUT2D eigenvalue weighted by molar-refractivity contribution is 5.20. The highest BCUT2D eigenvalue weighted by Gasteiger charge is 2.29. The van der Waals surface area contributed by atoms with Gasteiger partial charge in [0.05, 0.1) is 6.04 Å². The lowest BCUT2D eigenvalue weighted by atomic mass is 10.1. The van der Waals surface area contributed by atoms with Crippen molar-refractivity contribution in [3.05, 3.63) is 52.9 Å². The molecule has 1 aliphatic heterocycles. The topological polar surface area (TPSA) is 29.3 Å². The van der Waals surface area contributed by atoms with E-state index in [2.05, 4.69) is 23.9 Å². The van der Waals surface area contributed by atoms with Gasteiger partial charge in [-0.05, 0) is 37.6 Å². The Morgan fingerprint density at radius 2 is 2.14 bits per heavy atom. The Balaban J connectivity index is 1.79. The van der Waals surface area contributed by atoms with Gasteiger partial charge in [0.25, 0.3) is 0 Å². The summed E-state index contributed by atoms with van der Waals surface area (Å²) in [7, 11) is 0. The van der Waals surface area contributed by atoms with Crippen LogP contribution in [-0.4, -0.2) is 16.6 Å². The molecule has 1 atom stereocenters. The van der Waals surface area contributed by atoms with Gasteiger partial charge in [-0.25, -0.2) is 8.78 Å². The first-order chi connectivity index (χ1) is 10.5. The van der Waals surface area contributed by atoms with E-state index in [1.54, 1.807) is 0 Å². The predicted molar refractivity (Wildman–Crippen MR) is 79.3 cm³/mol. The highest BCUT2D eigenvalue weighted by atomic mass is 19.1. The molecule has 1 fully saturated rings. The predicted octanol–water partition coefficient (Wildman–Crippen LogP) is 4.41. The Morgan fingerprint density at radius 1 is 1.32 bits per heavy atom. The van der Waals surface area contributed by atoms with Crippen molar-refractivity contribution in [1.82, 2.24) is 10.1 Å². The molecule has 0 N–H and O–H groups in total. The van der Waals surface area contributed by atoms with Crippen LogP contribution < -0.4 is 0 Å². The molecule has 0 amide bonds. The molecule has 0 saturated carbocycles. The van der Waals surface area contributed by atoms with Gasteiger partial charge in [0.2, 0.25) is 0 Å². The van der Waals surface area contributed by atoms with Crippen LogP contribution in [0.15, 0.2) is 28.8 Å². The number of hydrogen-bond acceptors (Lipinski definition) is 3. The summed E-state index contributed by atoms with van der Waals surface area (Å²) in [6.45, 7) is 5.35. The van der Waals surface area contributed by atoms with Crippen LogP contribution in [-0.2, 0) is 6.54 Å². The second-order valence-electron chi connectivity index (χ2n) is 6.17. The molecular weight excluding hydrogens is 286 g/mol. The maximum Gasteiger partial charge on any atom is 0.139 e. The molecule has 118 valence electrons. The van der Waals surface area contributed by atoms with Gasteiger partial charge in [-0.1, -0.05) is 19.0 Å². The summed E-state index contributed by atoms with van der Waals surface area (Å²) in [6.07, 6.45) is 1.98. The quantitative estimate of drug-likeness (QED) is 0.837. The Bertz CT molecular complexity index is 654. The molecule has 1 saturated heterocycles. The van der Waals surface area contributed by atoms with Gasteiger partial charge in [0.15, 0.2) is 0 Å². The van der Waals surface area contributed by atoms with E-state index in [4.69, 9.17) is 4.52 Å². The minimum Gasteiger partial charge on any atom is -0.361 e. The number of nitrogens with zero attached hydrogens (tertiary/aromatic N) is 2. The fourth-order valence-corrected chi connectivity index (χ4v) is 2.97. The summed E-state index contributed by atoms with van der Waals surface area (Å²) in [5.74, 6) is 0.376. The zero-order chi connectivity index (χ0) is 15.7. The number of halogens is 2. The van der Waals surface area contributed by atoms with Crippen molar-refractivity contribution in [3.63, 3.8) is 0 Å². The van der Waals surface area contributed by atoms with Gasteiger partial charge < -0.3 is 4.52 Å². The summed E-state index contributed by atoms with van der Waals surface area (Å²) in [5.41, 5.74) is 1.28. The highest BCUT2D eigenvalue weighted by Crippen LogP contribution is 2.34. The van der Waals surface area contributed by atoms with E-state index in [1.165, 1.54) is 12.1 Å². The van der Waals surface area contributed by atoms with E-state index in [-0.39, 0.29) is 17.8 Å². The van der Waals surface area contributed by atoms with Gasteiger partial charge in [0, 0.05) is 24.1 Å². The molecule has 2 heterocycles. The van der Waals surface area contributed by atoms with E-state index < -0.39 is 5.82 Å². The van der Waals surface area contributed by atoms with Crippen LogP contribution in [0.3, 0.4) is 0 Å². The van der Waals surface area contributed by atoms with Crippen molar-refractivity contribution < 1.29 is 13.3 Å². The van der Waals surface area contributed by atoms with Crippen LogP contribution >= 0.6 is 0 Å². The van der Waals surface area contributed by atoms with Crippen LogP contribution in [0.1, 0.15) is 55.7 Å². The third-order valence-corrected chi connectivity index (χ3v) is 4.20. The largest absolute Gasteiger partial charge is 0.361 e. The molecule has 5 heteroatoms. The van der Waals surface area contributed by atoms with E-state index >= 15 is 0 Å². The van der Waals surface area contributed by atoms with Crippen molar-refractivity contribution in [2.75, 3.05) is 6.54 Å². The van der Waals surface area contributed by atoms with Crippen molar-refractivity contribution in [2.24, 2.45) is 0 Å². The van der Waals surface area contributed by atoms with Crippen LogP contribution in [0.2, 0.25) is 0 Å². The summed E-state index contributed by atoms with van der Waals surface area (Å²) in [5, 5.41) is 4.17. The fraction of sp³-hybridized carbons (Fsp3) is 0.471. The molecule has 1 aromatic heterocycles. The molecule has 0 spiro atoms. The first-order valence-corrected chi connectivity index (χ1v) is 7.69. The van der Waals surface area contributed by atoms with Gasteiger partial charge in [0.1, 0.15) is 23.1 Å². The first kappa shape index (κ1) is 15.2. The SMILES string of the molecule is CC(C)c1cc([C@H]2CCCN2Cc2cc(F)ccc2F)no1. The summed E-state index contributed by atoms with van der Waals surface area (Å²) < 4.78 is 32.5. The molecule has 22 heavy (non-hydrogen) atoms. The lowest BCUT2D eigenvalue weighted by molar-refractivity contribution is 0.233. The molecular formula is C17H20F2N2O. The standard InChI is InChI=1S/C17H20F2N2O/c1-11(2)17-9-15(20-22-17)16-4-3-7-21(16)10-12-8-13(18)5-6-14(12)19/h5-6,8-9,11,16H,3-4,7,10H2,1-2H3/t16-/m1/s1.